The number of methoxy groups -OCH3 is 1. The van der Waals surface area contributed by atoms with E-state index in [0.29, 0.717) is 5.56 Å². The molecule has 11 heteroatoms. The number of allylic oxidation sites excluding steroid dienone is 4. The normalized spacial score (nSPS) is 22.5. The highest BCUT2D eigenvalue weighted by molar-refractivity contribution is 5.97. The highest BCUT2D eigenvalue weighted by atomic mass is 16.7. The lowest BCUT2D eigenvalue weighted by atomic mass is 9.98. The maximum absolute atomic E-state index is 14.0. The first-order chi connectivity index (χ1) is 19.4. The Hall–Kier alpha value is -3.61. The molecule has 1 saturated heterocycles. The molecule has 0 aliphatic carbocycles. The van der Waals surface area contributed by atoms with Crippen molar-refractivity contribution in [1.82, 2.24) is 0 Å². The Kier molecular flexibility index (Phi) is 8.95. The molecule has 1 aromatic heterocycles. The van der Waals surface area contributed by atoms with Crippen molar-refractivity contribution in [3.8, 4) is 23.0 Å². The van der Waals surface area contributed by atoms with Gasteiger partial charge >= 0.3 is 0 Å². The van der Waals surface area contributed by atoms with Crippen LogP contribution in [0.1, 0.15) is 38.8 Å². The van der Waals surface area contributed by atoms with Crippen molar-refractivity contribution in [2.75, 3.05) is 13.7 Å². The summed E-state index contributed by atoms with van der Waals surface area (Å²) in [7, 11) is 1.38. The van der Waals surface area contributed by atoms with Gasteiger partial charge in [0.05, 0.1) is 19.1 Å². The average molecular weight is 573 g/mol. The number of ether oxygens (including phenoxy) is 3. The molecule has 3 aromatic rings. The number of phenols is 2. The largest absolute Gasteiger partial charge is 0.507 e. The molecular formula is C30H36O11. The second-order valence-electron chi connectivity index (χ2n) is 10.6. The van der Waals surface area contributed by atoms with Crippen LogP contribution in [0.5, 0.6) is 23.0 Å². The third-order valence-electron chi connectivity index (χ3n) is 7.05. The van der Waals surface area contributed by atoms with Crippen LogP contribution in [-0.4, -0.2) is 75.1 Å². The van der Waals surface area contributed by atoms with Crippen LogP contribution in [-0.2, 0) is 17.6 Å². The molecule has 0 spiro atoms. The zero-order chi connectivity index (χ0) is 30.2. The van der Waals surface area contributed by atoms with Gasteiger partial charge in [0.2, 0.25) is 11.7 Å². The molecule has 6 N–H and O–H groups in total. The van der Waals surface area contributed by atoms with Crippen molar-refractivity contribution in [1.29, 1.82) is 0 Å². The highest BCUT2D eigenvalue weighted by Gasteiger charge is 2.45. The predicted molar refractivity (Wildman–Crippen MR) is 151 cm³/mol. The van der Waals surface area contributed by atoms with Gasteiger partial charge in [-0.25, -0.2) is 0 Å². The molecule has 2 heterocycles. The summed E-state index contributed by atoms with van der Waals surface area (Å²) in [6.07, 6.45) is -3.67. The van der Waals surface area contributed by atoms with E-state index in [0.717, 1.165) is 11.1 Å². The van der Waals surface area contributed by atoms with Crippen molar-refractivity contribution in [3.05, 3.63) is 56.8 Å². The summed E-state index contributed by atoms with van der Waals surface area (Å²) < 4.78 is 22.8. The minimum absolute atomic E-state index is 0.0261. The molecule has 1 aliphatic heterocycles. The van der Waals surface area contributed by atoms with Crippen LogP contribution in [0.4, 0.5) is 0 Å². The maximum Gasteiger partial charge on any atom is 0.229 e. The predicted octanol–water partition coefficient (Wildman–Crippen LogP) is 2.56. The Bertz CT molecular complexity index is 1560. The third kappa shape index (κ3) is 5.77. The van der Waals surface area contributed by atoms with Crippen molar-refractivity contribution in [3.63, 3.8) is 0 Å². The van der Waals surface area contributed by atoms with E-state index in [-0.39, 0.29) is 57.6 Å². The Balaban J connectivity index is 1.98. The topological polar surface area (TPSA) is 179 Å². The zero-order valence-electron chi connectivity index (χ0n) is 23.5. The molecule has 4 rings (SSSR count). The smallest absolute Gasteiger partial charge is 0.229 e. The first kappa shape index (κ1) is 30.4. The van der Waals surface area contributed by atoms with Crippen molar-refractivity contribution in [2.45, 2.75) is 71.2 Å². The molecule has 1 fully saturated rings. The molecule has 222 valence electrons. The van der Waals surface area contributed by atoms with Crippen LogP contribution in [0, 0.1) is 0 Å². The van der Waals surface area contributed by atoms with E-state index in [4.69, 9.17) is 18.6 Å². The summed E-state index contributed by atoms with van der Waals surface area (Å²) in [6.45, 7) is 6.85. The van der Waals surface area contributed by atoms with Crippen molar-refractivity contribution >= 4 is 21.9 Å². The summed E-state index contributed by atoms with van der Waals surface area (Å²) in [5.41, 5.74) is 1.90. The SMILES string of the molecule is COc1c(O)cc2oc3cc(O[C@H]4O[C@H](CO)[C@@H](O)C(O)C4O)c(CC=C(C)C)c(O)c3c(=O)c2c1CC=C(C)C. The Labute approximate surface area is 236 Å². The van der Waals surface area contributed by atoms with Crippen LogP contribution in [0.25, 0.3) is 21.9 Å². The molecule has 2 unspecified atom stereocenters. The fourth-order valence-corrected chi connectivity index (χ4v) is 4.84. The van der Waals surface area contributed by atoms with Crippen LogP contribution in [0.3, 0.4) is 0 Å². The van der Waals surface area contributed by atoms with Crippen LogP contribution in [0.2, 0.25) is 0 Å². The quantitative estimate of drug-likeness (QED) is 0.173. The minimum atomic E-state index is -1.70. The van der Waals surface area contributed by atoms with Gasteiger partial charge in [-0.15, -0.1) is 0 Å². The summed E-state index contributed by atoms with van der Waals surface area (Å²) in [6, 6.07) is 2.61. The van der Waals surface area contributed by atoms with Crippen molar-refractivity contribution < 1.29 is 49.3 Å². The van der Waals surface area contributed by atoms with Crippen LogP contribution >= 0.6 is 0 Å². The Morgan fingerprint density at radius 3 is 2.10 bits per heavy atom. The van der Waals surface area contributed by atoms with Crippen LogP contribution in [0.15, 0.2) is 44.6 Å². The van der Waals surface area contributed by atoms with E-state index in [1.165, 1.54) is 19.2 Å². The van der Waals surface area contributed by atoms with Gasteiger partial charge in [0.25, 0.3) is 0 Å². The lowest BCUT2D eigenvalue weighted by Crippen LogP contribution is -2.60. The third-order valence-corrected chi connectivity index (χ3v) is 7.05. The highest BCUT2D eigenvalue weighted by Crippen LogP contribution is 2.41. The van der Waals surface area contributed by atoms with E-state index in [2.05, 4.69) is 0 Å². The number of aliphatic hydroxyl groups is 4. The van der Waals surface area contributed by atoms with Gasteiger partial charge in [0.1, 0.15) is 52.5 Å². The van der Waals surface area contributed by atoms with Gasteiger partial charge in [0.15, 0.2) is 11.5 Å². The number of fused-ring (bicyclic) bond motifs is 2. The molecule has 0 amide bonds. The lowest BCUT2D eigenvalue weighted by Gasteiger charge is -2.39. The second kappa shape index (κ2) is 12.1. The fraction of sp³-hybridized carbons (Fsp3) is 0.433. The Morgan fingerprint density at radius 2 is 1.51 bits per heavy atom. The fourth-order valence-electron chi connectivity index (χ4n) is 4.84. The number of aliphatic hydroxyl groups excluding tert-OH is 4. The summed E-state index contributed by atoms with van der Waals surface area (Å²) in [5.74, 6) is -0.562. The first-order valence-electron chi connectivity index (χ1n) is 13.2. The van der Waals surface area contributed by atoms with Gasteiger partial charge in [-0.05, 0) is 40.5 Å². The van der Waals surface area contributed by atoms with E-state index >= 15 is 0 Å². The Morgan fingerprint density at radius 1 is 0.902 bits per heavy atom. The molecule has 11 nitrogen and oxygen atoms in total. The van der Waals surface area contributed by atoms with Gasteiger partial charge in [-0.2, -0.15) is 0 Å². The van der Waals surface area contributed by atoms with Gasteiger partial charge in [0, 0.05) is 23.3 Å². The molecular weight excluding hydrogens is 536 g/mol. The number of benzene rings is 2. The molecule has 0 radical (unpaired) electrons. The molecule has 41 heavy (non-hydrogen) atoms. The number of rotatable bonds is 8. The number of hydrogen-bond acceptors (Lipinski definition) is 11. The maximum atomic E-state index is 14.0. The van der Waals surface area contributed by atoms with E-state index in [1.807, 2.05) is 33.8 Å². The minimum Gasteiger partial charge on any atom is -0.507 e. The van der Waals surface area contributed by atoms with E-state index < -0.39 is 48.5 Å². The number of hydrogen-bond donors (Lipinski definition) is 6. The van der Waals surface area contributed by atoms with Gasteiger partial charge in [-0.3, -0.25) is 4.79 Å². The summed E-state index contributed by atoms with van der Waals surface area (Å²) >= 11 is 0. The molecule has 1 aliphatic rings. The van der Waals surface area contributed by atoms with Gasteiger partial charge < -0.3 is 49.3 Å². The molecule has 2 aromatic carbocycles. The monoisotopic (exact) mass is 572 g/mol. The second-order valence-corrected chi connectivity index (χ2v) is 10.6. The average Bonchev–Trinajstić information content (AvgIpc) is 2.91. The molecule has 0 bridgehead atoms. The number of phenolic OH excluding ortho intramolecular Hbond substituents is 2. The first-order valence-corrected chi connectivity index (χ1v) is 13.2. The van der Waals surface area contributed by atoms with Crippen molar-refractivity contribution in [2.24, 2.45) is 0 Å². The lowest BCUT2D eigenvalue weighted by molar-refractivity contribution is -0.277. The van der Waals surface area contributed by atoms with Gasteiger partial charge in [-0.1, -0.05) is 23.3 Å². The number of aromatic hydroxyl groups is 2. The van der Waals surface area contributed by atoms with Crippen LogP contribution < -0.4 is 14.9 Å². The molecule has 0 saturated carbocycles. The summed E-state index contributed by atoms with van der Waals surface area (Å²) in [4.78, 5) is 14.0. The van der Waals surface area contributed by atoms with E-state index in [1.54, 1.807) is 6.08 Å². The summed E-state index contributed by atoms with van der Waals surface area (Å²) in [5, 5.41) is 62.5. The standard InChI is InChI=1S/C30H36O11/c1-13(2)6-8-15-18(40-30-28(37)27(36)25(34)21(12-31)41-30)11-20-23(24(15)33)26(35)22-16(9-7-14(3)4)29(38-5)17(32)10-19(22)39-20/h6-7,10-11,21,25,27-28,30-34,36-37H,8-9,12H2,1-5H3/t21-,25-,27?,28?,30+/m1/s1. The zero-order valence-corrected chi connectivity index (χ0v) is 23.5. The molecule has 5 atom stereocenters. The van der Waals surface area contributed by atoms with E-state index in [9.17, 15) is 35.4 Å².